The zero-order chi connectivity index (χ0) is 16.8. The van der Waals surface area contributed by atoms with Gasteiger partial charge in [-0.15, -0.1) is 0 Å². The minimum Gasteiger partial charge on any atom is -0.435 e. The lowest BCUT2D eigenvalue weighted by atomic mass is 10.1. The van der Waals surface area contributed by atoms with E-state index in [0.717, 1.165) is 0 Å². The molecule has 23 heavy (non-hydrogen) atoms. The van der Waals surface area contributed by atoms with E-state index < -0.39 is 6.61 Å². The molecular formula is C16H13BrF2N2O2. The second-order valence-electron chi connectivity index (χ2n) is 4.52. The predicted octanol–water partition coefficient (Wildman–Crippen LogP) is 4.20. The van der Waals surface area contributed by atoms with Crippen molar-refractivity contribution in [1.29, 1.82) is 0 Å². The van der Waals surface area contributed by atoms with Crippen LogP contribution in [0.1, 0.15) is 22.8 Å². The maximum Gasteiger partial charge on any atom is 0.387 e. The van der Waals surface area contributed by atoms with Gasteiger partial charge in [0.15, 0.2) is 0 Å². The third kappa shape index (κ3) is 4.85. The van der Waals surface area contributed by atoms with Crippen LogP contribution in [0.2, 0.25) is 0 Å². The lowest BCUT2D eigenvalue weighted by Gasteiger charge is -2.07. The van der Waals surface area contributed by atoms with Gasteiger partial charge in [-0.25, -0.2) is 5.43 Å². The standard InChI is InChI=1S/C16H13BrF2N2O2/c1-10(11-5-4-6-12(9-11)23-16(18)19)20-21-15(22)13-7-2-3-8-14(13)17/h2-9,16H,1H3,(H,21,22). The molecule has 0 bridgehead atoms. The molecule has 0 radical (unpaired) electrons. The van der Waals surface area contributed by atoms with E-state index in [4.69, 9.17) is 0 Å². The summed E-state index contributed by atoms with van der Waals surface area (Å²) in [4.78, 5) is 12.0. The summed E-state index contributed by atoms with van der Waals surface area (Å²) < 4.78 is 29.4. The summed E-state index contributed by atoms with van der Waals surface area (Å²) in [6.07, 6.45) is 0. The van der Waals surface area contributed by atoms with Crippen LogP contribution in [-0.4, -0.2) is 18.2 Å². The number of alkyl halides is 2. The number of hydrazone groups is 1. The quantitative estimate of drug-likeness (QED) is 0.622. The van der Waals surface area contributed by atoms with Gasteiger partial charge in [-0.2, -0.15) is 13.9 Å². The van der Waals surface area contributed by atoms with E-state index >= 15 is 0 Å². The van der Waals surface area contributed by atoms with Crippen molar-refractivity contribution >= 4 is 27.5 Å². The van der Waals surface area contributed by atoms with E-state index in [1.54, 1.807) is 43.3 Å². The van der Waals surface area contributed by atoms with Gasteiger partial charge in [0.05, 0.1) is 11.3 Å². The van der Waals surface area contributed by atoms with E-state index in [9.17, 15) is 13.6 Å². The van der Waals surface area contributed by atoms with Gasteiger partial charge in [-0.1, -0.05) is 24.3 Å². The van der Waals surface area contributed by atoms with Gasteiger partial charge in [0.1, 0.15) is 5.75 Å². The number of amides is 1. The van der Waals surface area contributed by atoms with Gasteiger partial charge in [-0.05, 0) is 47.1 Å². The SMILES string of the molecule is CC(=NNC(=O)c1ccccc1Br)c1cccc(OC(F)F)c1. The minimum absolute atomic E-state index is 0.0316. The first-order valence-corrected chi connectivity index (χ1v) is 7.41. The number of halogens is 3. The predicted molar refractivity (Wildman–Crippen MR) is 86.9 cm³/mol. The van der Waals surface area contributed by atoms with Crippen LogP contribution >= 0.6 is 15.9 Å². The van der Waals surface area contributed by atoms with Crippen LogP contribution in [0.5, 0.6) is 5.75 Å². The van der Waals surface area contributed by atoms with Crippen LogP contribution in [-0.2, 0) is 0 Å². The van der Waals surface area contributed by atoms with Crippen molar-refractivity contribution in [3.05, 3.63) is 64.1 Å². The molecule has 7 heteroatoms. The van der Waals surface area contributed by atoms with Crippen LogP contribution in [0.15, 0.2) is 58.1 Å². The molecular weight excluding hydrogens is 370 g/mol. The number of ether oxygens (including phenoxy) is 1. The van der Waals surface area contributed by atoms with Gasteiger partial charge < -0.3 is 4.74 Å². The average Bonchev–Trinajstić information content (AvgIpc) is 2.52. The summed E-state index contributed by atoms with van der Waals surface area (Å²) in [6.45, 7) is -1.24. The monoisotopic (exact) mass is 382 g/mol. The Bertz CT molecular complexity index is 736. The lowest BCUT2D eigenvalue weighted by Crippen LogP contribution is -2.19. The molecule has 0 spiro atoms. The van der Waals surface area contributed by atoms with Crippen LogP contribution < -0.4 is 10.2 Å². The highest BCUT2D eigenvalue weighted by Crippen LogP contribution is 2.17. The molecule has 0 aliphatic carbocycles. The minimum atomic E-state index is -2.89. The van der Waals surface area contributed by atoms with Crippen LogP contribution in [0.25, 0.3) is 0 Å². The van der Waals surface area contributed by atoms with Gasteiger partial charge in [0.25, 0.3) is 5.91 Å². The summed E-state index contributed by atoms with van der Waals surface area (Å²) in [7, 11) is 0. The van der Waals surface area contributed by atoms with Crippen molar-refractivity contribution < 1.29 is 18.3 Å². The Morgan fingerprint density at radius 3 is 2.65 bits per heavy atom. The Morgan fingerprint density at radius 1 is 1.22 bits per heavy atom. The highest BCUT2D eigenvalue weighted by molar-refractivity contribution is 9.10. The summed E-state index contributed by atoms with van der Waals surface area (Å²) in [5.74, 6) is -0.346. The molecule has 0 unspecified atom stereocenters. The Morgan fingerprint density at radius 2 is 1.96 bits per heavy atom. The van der Waals surface area contributed by atoms with Crippen molar-refractivity contribution in [3.8, 4) is 5.75 Å². The summed E-state index contributed by atoms with van der Waals surface area (Å²) in [5, 5.41) is 3.99. The summed E-state index contributed by atoms with van der Waals surface area (Å²) in [5.41, 5.74) is 3.90. The molecule has 0 aliphatic rings. The van der Waals surface area contributed by atoms with E-state index in [-0.39, 0.29) is 11.7 Å². The zero-order valence-corrected chi connectivity index (χ0v) is 13.7. The first kappa shape index (κ1) is 17.1. The Balaban J connectivity index is 2.11. The van der Waals surface area contributed by atoms with Gasteiger partial charge in [-0.3, -0.25) is 4.79 Å². The molecule has 4 nitrogen and oxygen atoms in total. The normalized spacial score (nSPS) is 11.4. The van der Waals surface area contributed by atoms with Crippen molar-refractivity contribution in [1.82, 2.24) is 5.43 Å². The highest BCUT2D eigenvalue weighted by atomic mass is 79.9. The fourth-order valence-electron chi connectivity index (χ4n) is 1.80. The van der Waals surface area contributed by atoms with Crippen molar-refractivity contribution in [2.45, 2.75) is 13.5 Å². The lowest BCUT2D eigenvalue weighted by molar-refractivity contribution is -0.0498. The number of carbonyl (C=O) groups is 1. The molecule has 0 saturated heterocycles. The largest absolute Gasteiger partial charge is 0.435 e. The average molecular weight is 383 g/mol. The third-order valence-corrected chi connectivity index (χ3v) is 3.61. The number of hydrogen-bond donors (Lipinski definition) is 1. The molecule has 1 N–H and O–H groups in total. The summed E-state index contributed by atoms with van der Waals surface area (Å²) in [6, 6.07) is 13.0. The third-order valence-electron chi connectivity index (χ3n) is 2.92. The first-order chi connectivity index (χ1) is 11.0. The molecule has 0 heterocycles. The molecule has 0 aromatic heterocycles. The van der Waals surface area contributed by atoms with E-state index in [2.05, 4.69) is 31.2 Å². The molecule has 0 atom stereocenters. The smallest absolute Gasteiger partial charge is 0.387 e. The number of hydrogen-bond acceptors (Lipinski definition) is 3. The van der Waals surface area contributed by atoms with Crippen LogP contribution in [0.3, 0.4) is 0 Å². The van der Waals surface area contributed by atoms with Crippen molar-refractivity contribution in [2.75, 3.05) is 0 Å². The second kappa shape index (κ2) is 7.82. The van der Waals surface area contributed by atoms with E-state index in [1.165, 1.54) is 12.1 Å². The van der Waals surface area contributed by atoms with E-state index in [0.29, 0.717) is 21.3 Å². The Hall–Kier alpha value is -2.28. The number of nitrogens with one attached hydrogen (secondary N) is 1. The second-order valence-corrected chi connectivity index (χ2v) is 5.38. The number of rotatable bonds is 5. The first-order valence-electron chi connectivity index (χ1n) is 6.62. The molecule has 2 aromatic rings. The topological polar surface area (TPSA) is 50.7 Å². The van der Waals surface area contributed by atoms with Gasteiger partial charge >= 0.3 is 6.61 Å². The maximum atomic E-state index is 12.2. The molecule has 0 saturated carbocycles. The number of benzene rings is 2. The molecule has 1 amide bonds. The summed E-state index contributed by atoms with van der Waals surface area (Å²) >= 11 is 3.28. The van der Waals surface area contributed by atoms with Crippen LogP contribution in [0, 0.1) is 0 Å². The number of nitrogens with zero attached hydrogens (tertiary/aromatic N) is 1. The maximum absolute atomic E-state index is 12.2. The van der Waals surface area contributed by atoms with Crippen molar-refractivity contribution in [3.63, 3.8) is 0 Å². The zero-order valence-electron chi connectivity index (χ0n) is 12.1. The molecule has 120 valence electrons. The van der Waals surface area contributed by atoms with E-state index in [1.807, 2.05) is 0 Å². The Labute approximate surface area is 140 Å². The molecule has 2 rings (SSSR count). The van der Waals surface area contributed by atoms with Crippen LogP contribution in [0.4, 0.5) is 8.78 Å². The number of carbonyl (C=O) groups excluding carboxylic acids is 1. The molecule has 0 fully saturated rings. The highest BCUT2D eigenvalue weighted by Gasteiger charge is 2.09. The fraction of sp³-hybridized carbons (Fsp3) is 0.125. The van der Waals surface area contributed by atoms with Crippen molar-refractivity contribution in [2.24, 2.45) is 5.10 Å². The Kier molecular flexibility index (Phi) is 5.81. The van der Waals surface area contributed by atoms with Gasteiger partial charge in [0.2, 0.25) is 0 Å². The van der Waals surface area contributed by atoms with Gasteiger partial charge in [0, 0.05) is 10.0 Å². The fourth-order valence-corrected chi connectivity index (χ4v) is 2.27. The molecule has 2 aromatic carbocycles. The molecule has 0 aliphatic heterocycles.